The first-order valence-corrected chi connectivity index (χ1v) is 5.20. The number of amides is 1. The van der Waals surface area contributed by atoms with Crippen LogP contribution in [0.5, 0.6) is 0 Å². The van der Waals surface area contributed by atoms with Gasteiger partial charge in [-0.1, -0.05) is 23.7 Å². The van der Waals surface area contributed by atoms with Crippen LogP contribution in [0, 0.1) is 0 Å². The Morgan fingerprint density at radius 3 is 2.93 bits per heavy atom. The molecule has 0 heterocycles. The second kappa shape index (κ2) is 5.61. The van der Waals surface area contributed by atoms with Crippen LogP contribution in [0.25, 0.3) is 0 Å². The molecule has 3 nitrogen and oxygen atoms in total. The monoisotopic (exact) mass is 227 g/mol. The lowest BCUT2D eigenvalue weighted by Gasteiger charge is -2.13. The SMILES string of the molecule is CCOC(=O)N[C@@H](C)c1cccc(Cl)c1. The fraction of sp³-hybridized carbons (Fsp3) is 0.364. The molecule has 82 valence electrons. The maximum atomic E-state index is 11.1. The fourth-order valence-corrected chi connectivity index (χ4v) is 1.41. The number of carbonyl (C=O) groups excluding carboxylic acids is 1. The van der Waals surface area contributed by atoms with E-state index in [9.17, 15) is 4.79 Å². The van der Waals surface area contributed by atoms with Gasteiger partial charge in [-0.3, -0.25) is 0 Å². The number of ether oxygens (including phenoxy) is 1. The van der Waals surface area contributed by atoms with Crippen LogP contribution in [-0.4, -0.2) is 12.7 Å². The Balaban J connectivity index is 2.60. The first-order chi connectivity index (χ1) is 7.13. The van der Waals surface area contributed by atoms with Crippen LogP contribution in [0.2, 0.25) is 5.02 Å². The molecule has 15 heavy (non-hydrogen) atoms. The molecule has 0 aliphatic heterocycles. The lowest BCUT2D eigenvalue weighted by atomic mass is 10.1. The highest BCUT2D eigenvalue weighted by Gasteiger charge is 2.09. The van der Waals surface area contributed by atoms with Gasteiger partial charge in [0.2, 0.25) is 0 Å². The number of benzene rings is 1. The van der Waals surface area contributed by atoms with Gasteiger partial charge in [0.25, 0.3) is 0 Å². The zero-order valence-corrected chi connectivity index (χ0v) is 9.54. The molecule has 1 amide bonds. The highest BCUT2D eigenvalue weighted by molar-refractivity contribution is 6.30. The highest BCUT2D eigenvalue weighted by atomic mass is 35.5. The predicted molar refractivity (Wildman–Crippen MR) is 60.0 cm³/mol. The van der Waals surface area contributed by atoms with Gasteiger partial charge in [0.15, 0.2) is 0 Å². The largest absolute Gasteiger partial charge is 0.450 e. The molecule has 0 saturated carbocycles. The predicted octanol–water partition coefficient (Wildman–Crippen LogP) is 3.15. The molecule has 0 aromatic heterocycles. The summed E-state index contributed by atoms with van der Waals surface area (Å²) in [6, 6.07) is 7.26. The third-order valence-corrected chi connectivity index (χ3v) is 2.19. The van der Waals surface area contributed by atoms with Crippen LogP contribution >= 0.6 is 11.6 Å². The highest BCUT2D eigenvalue weighted by Crippen LogP contribution is 2.17. The Kier molecular flexibility index (Phi) is 4.43. The topological polar surface area (TPSA) is 38.3 Å². The zero-order chi connectivity index (χ0) is 11.3. The van der Waals surface area contributed by atoms with Gasteiger partial charge in [0.05, 0.1) is 12.6 Å². The number of rotatable bonds is 3. The number of alkyl carbamates (subject to hydrolysis) is 1. The molecular weight excluding hydrogens is 214 g/mol. The molecular formula is C11H14ClNO2. The zero-order valence-electron chi connectivity index (χ0n) is 8.79. The first-order valence-electron chi connectivity index (χ1n) is 4.82. The Labute approximate surface area is 94.4 Å². The van der Waals surface area contributed by atoms with Gasteiger partial charge in [-0.25, -0.2) is 4.79 Å². The lowest BCUT2D eigenvalue weighted by Crippen LogP contribution is -2.27. The van der Waals surface area contributed by atoms with Crippen LogP contribution in [0.4, 0.5) is 4.79 Å². The molecule has 1 N–H and O–H groups in total. The molecule has 1 atom stereocenters. The van der Waals surface area contributed by atoms with Crippen molar-refractivity contribution in [1.82, 2.24) is 5.32 Å². The minimum Gasteiger partial charge on any atom is -0.450 e. The molecule has 0 saturated heterocycles. The maximum Gasteiger partial charge on any atom is 0.407 e. The minimum atomic E-state index is -0.412. The van der Waals surface area contributed by atoms with E-state index in [1.165, 1.54) is 0 Å². The van der Waals surface area contributed by atoms with E-state index in [4.69, 9.17) is 16.3 Å². The Morgan fingerprint density at radius 1 is 1.60 bits per heavy atom. The second-order valence-corrected chi connectivity index (χ2v) is 3.58. The van der Waals surface area contributed by atoms with Crippen molar-refractivity contribution in [3.63, 3.8) is 0 Å². The Bertz CT molecular complexity index is 341. The quantitative estimate of drug-likeness (QED) is 0.862. The summed E-state index contributed by atoms with van der Waals surface area (Å²) >= 11 is 5.84. The summed E-state index contributed by atoms with van der Waals surface area (Å²) in [5.41, 5.74) is 0.954. The van der Waals surface area contributed by atoms with Crippen molar-refractivity contribution in [2.24, 2.45) is 0 Å². The van der Waals surface area contributed by atoms with E-state index in [1.807, 2.05) is 25.1 Å². The van der Waals surface area contributed by atoms with Crippen LogP contribution < -0.4 is 5.32 Å². The van der Waals surface area contributed by atoms with Crippen LogP contribution in [0.3, 0.4) is 0 Å². The summed E-state index contributed by atoms with van der Waals surface area (Å²) in [5, 5.41) is 3.36. The second-order valence-electron chi connectivity index (χ2n) is 3.14. The summed E-state index contributed by atoms with van der Waals surface area (Å²) in [6.45, 7) is 4.01. The molecule has 0 radical (unpaired) electrons. The number of carbonyl (C=O) groups is 1. The van der Waals surface area contributed by atoms with E-state index in [2.05, 4.69) is 5.32 Å². The van der Waals surface area contributed by atoms with Crippen molar-refractivity contribution in [2.45, 2.75) is 19.9 Å². The van der Waals surface area contributed by atoms with Gasteiger partial charge < -0.3 is 10.1 Å². The van der Waals surface area contributed by atoms with Crippen LogP contribution in [0.1, 0.15) is 25.5 Å². The fourth-order valence-electron chi connectivity index (χ4n) is 1.21. The van der Waals surface area contributed by atoms with Gasteiger partial charge in [-0.2, -0.15) is 0 Å². The lowest BCUT2D eigenvalue weighted by molar-refractivity contribution is 0.149. The average Bonchev–Trinajstić information content (AvgIpc) is 2.18. The molecule has 4 heteroatoms. The van der Waals surface area contributed by atoms with Crippen molar-refractivity contribution in [2.75, 3.05) is 6.61 Å². The molecule has 0 fully saturated rings. The molecule has 0 spiro atoms. The number of hydrogen-bond acceptors (Lipinski definition) is 2. The van der Waals surface area contributed by atoms with E-state index in [-0.39, 0.29) is 6.04 Å². The van der Waals surface area contributed by atoms with E-state index in [0.29, 0.717) is 11.6 Å². The standard InChI is InChI=1S/C11H14ClNO2/c1-3-15-11(14)13-8(2)9-5-4-6-10(12)7-9/h4-8H,3H2,1-2H3,(H,13,14)/t8-/m0/s1. The van der Waals surface area contributed by atoms with Crippen molar-refractivity contribution < 1.29 is 9.53 Å². The van der Waals surface area contributed by atoms with E-state index < -0.39 is 6.09 Å². The summed E-state index contributed by atoms with van der Waals surface area (Å²) in [7, 11) is 0. The third-order valence-electron chi connectivity index (χ3n) is 1.96. The minimum absolute atomic E-state index is 0.109. The summed E-state index contributed by atoms with van der Waals surface area (Å²) in [4.78, 5) is 11.1. The normalized spacial score (nSPS) is 11.9. The smallest absolute Gasteiger partial charge is 0.407 e. The Hall–Kier alpha value is -1.22. The van der Waals surface area contributed by atoms with Crippen molar-refractivity contribution in [3.05, 3.63) is 34.9 Å². The first kappa shape index (κ1) is 11.9. The van der Waals surface area contributed by atoms with Crippen LogP contribution in [-0.2, 0) is 4.74 Å². The van der Waals surface area contributed by atoms with E-state index in [1.54, 1.807) is 13.0 Å². The third kappa shape index (κ3) is 3.80. The Morgan fingerprint density at radius 2 is 2.33 bits per heavy atom. The molecule has 0 aliphatic rings. The van der Waals surface area contributed by atoms with Crippen molar-refractivity contribution in [1.29, 1.82) is 0 Å². The number of hydrogen-bond donors (Lipinski definition) is 1. The van der Waals surface area contributed by atoms with Crippen molar-refractivity contribution in [3.8, 4) is 0 Å². The molecule has 1 aromatic carbocycles. The number of nitrogens with one attached hydrogen (secondary N) is 1. The molecule has 1 rings (SSSR count). The van der Waals surface area contributed by atoms with Gasteiger partial charge in [0.1, 0.15) is 0 Å². The summed E-state index contributed by atoms with van der Waals surface area (Å²) in [6.07, 6.45) is -0.412. The summed E-state index contributed by atoms with van der Waals surface area (Å²) in [5.74, 6) is 0. The van der Waals surface area contributed by atoms with E-state index >= 15 is 0 Å². The molecule has 1 aromatic rings. The van der Waals surface area contributed by atoms with Gasteiger partial charge in [0, 0.05) is 5.02 Å². The summed E-state index contributed by atoms with van der Waals surface area (Å²) < 4.78 is 4.78. The van der Waals surface area contributed by atoms with Gasteiger partial charge in [-0.15, -0.1) is 0 Å². The van der Waals surface area contributed by atoms with Gasteiger partial charge in [-0.05, 0) is 31.5 Å². The van der Waals surface area contributed by atoms with E-state index in [0.717, 1.165) is 5.56 Å². The number of halogens is 1. The molecule has 0 aliphatic carbocycles. The molecule has 0 unspecified atom stereocenters. The van der Waals surface area contributed by atoms with Crippen LogP contribution in [0.15, 0.2) is 24.3 Å². The maximum absolute atomic E-state index is 11.1. The molecule has 0 bridgehead atoms. The van der Waals surface area contributed by atoms with Crippen molar-refractivity contribution >= 4 is 17.7 Å². The van der Waals surface area contributed by atoms with Gasteiger partial charge >= 0.3 is 6.09 Å². The average molecular weight is 228 g/mol.